The molecule has 3 heterocycles. The van der Waals surface area contributed by atoms with Crippen molar-refractivity contribution in [3.05, 3.63) is 39.5 Å². The topological polar surface area (TPSA) is 76.7 Å². The van der Waals surface area contributed by atoms with Gasteiger partial charge in [-0.25, -0.2) is 14.9 Å². The van der Waals surface area contributed by atoms with E-state index in [9.17, 15) is 4.79 Å². The van der Waals surface area contributed by atoms with Gasteiger partial charge in [-0.3, -0.25) is 4.57 Å². The van der Waals surface area contributed by atoms with Crippen LogP contribution in [0.5, 0.6) is 0 Å². The Bertz CT molecular complexity index is 831. The average molecular weight is 350 g/mol. The highest BCUT2D eigenvalue weighted by atomic mass is 32.2. The third-order valence-electron chi connectivity index (χ3n) is 3.31. The minimum absolute atomic E-state index is 0.147. The van der Waals surface area contributed by atoms with Crippen LogP contribution in [0.1, 0.15) is 31.2 Å². The molecule has 122 valence electrons. The number of aryl methyl sites for hydroxylation is 1. The van der Waals surface area contributed by atoms with Crippen LogP contribution in [0.2, 0.25) is 0 Å². The van der Waals surface area contributed by atoms with Gasteiger partial charge in [-0.1, -0.05) is 25.1 Å². The van der Waals surface area contributed by atoms with Crippen molar-refractivity contribution in [2.75, 3.05) is 0 Å². The van der Waals surface area contributed by atoms with Crippen molar-refractivity contribution in [1.29, 1.82) is 0 Å². The van der Waals surface area contributed by atoms with Gasteiger partial charge in [0.05, 0.1) is 5.69 Å². The average Bonchev–Trinajstić information content (AvgIpc) is 3.24. The van der Waals surface area contributed by atoms with E-state index in [1.54, 1.807) is 15.9 Å². The number of aromatic nitrogens is 4. The van der Waals surface area contributed by atoms with E-state index in [-0.39, 0.29) is 5.69 Å². The Morgan fingerprint density at radius 3 is 3.04 bits per heavy atom. The molecule has 3 aromatic rings. The van der Waals surface area contributed by atoms with E-state index < -0.39 is 0 Å². The molecule has 0 aliphatic heterocycles. The lowest BCUT2D eigenvalue weighted by Crippen LogP contribution is -2.17. The van der Waals surface area contributed by atoms with Gasteiger partial charge < -0.3 is 4.42 Å². The van der Waals surface area contributed by atoms with Gasteiger partial charge in [-0.15, -0.1) is 16.4 Å². The first-order valence-electron chi connectivity index (χ1n) is 7.46. The van der Waals surface area contributed by atoms with Gasteiger partial charge in [-0.05, 0) is 25.5 Å². The Kier molecular flexibility index (Phi) is 5.02. The molecule has 3 rings (SSSR count). The number of aromatic amines is 1. The van der Waals surface area contributed by atoms with Crippen LogP contribution in [0, 0.1) is 6.92 Å². The van der Waals surface area contributed by atoms with Crippen LogP contribution in [-0.4, -0.2) is 19.7 Å². The predicted molar refractivity (Wildman–Crippen MR) is 91.9 cm³/mol. The highest BCUT2D eigenvalue weighted by molar-refractivity contribution is 7.98. The van der Waals surface area contributed by atoms with E-state index in [0.717, 1.165) is 35.1 Å². The lowest BCUT2D eigenvalue weighted by Gasteiger charge is -2.03. The van der Waals surface area contributed by atoms with Crippen molar-refractivity contribution in [2.24, 2.45) is 0 Å². The molecule has 0 aliphatic carbocycles. The number of H-pyrrole nitrogens is 1. The van der Waals surface area contributed by atoms with Gasteiger partial charge in [0.15, 0.2) is 15.9 Å². The maximum atomic E-state index is 11.8. The monoisotopic (exact) mass is 350 g/mol. The standard InChI is InChI=1S/C15H18N4O2S2/c1-3-4-7-19-14(20)17-18-15(19)23-9-11-8-22-13(16-11)12-6-5-10(2)21-12/h5-6,8H,3-4,7,9H2,1-2H3,(H,17,20). The van der Waals surface area contributed by atoms with Crippen molar-refractivity contribution in [3.63, 3.8) is 0 Å². The predicted octanol–water partition coefficient (Wildman–Crippen LogP) is 3.69. The second-order valence-corrected chi connectivity index (χ2v) is 6.96. The highest BCUT2D eigenvalue weighted by Crippen LogP contribution is 2.28. The number of hydrogen-bond acceptors (Lipinski definition) is 6. The van der Waals surface area contributed by atoms with E-state index in [1.807, 2.05) is 24.4 Å². The van der Waals surface area contributed by atoms with E-state index in [4.69, 9.17) is 4.42 Å². The van der Waals surface area contributed by atoms with E-state index >= 15 is 0 Å². The molecule has 0 bridgehead atoms. The number of thiazole rings is 1. The number of rotatable bonds is 7. The van der Waals surface area contributed by atoms with Crippen molar-refractivity contribution in [3.8, 4) is 10.8 Å². The van der Waals surface area contributed by atoms with Crippen LogP contribution in [0.25, 0.3) is 10.8 Å². The molecule has 23 heavy (non-hydrogen) atoms. The van der Waals surface area contributed by atoms with Crippen molar-refractivity contribution >= 4 is 23.1 Å². The van der Waals surface area contributed by atoms with Crippen LogP contribution in [-0.2, 0) is 12.3 Å². The third kappa shape index (κ3) is 3.76. The number of unbranched alkanes of at least 4 members (excludes halogenated alkanes) is 1. The van der Waals surface area contributed by atoms with Crippen LogP contribution in [0.4, 0.5) is 0 Å². The lowest BCUT2D eigenvalue weighted by atomic mass is 10.3. The molecule has 8 heteroatoms. The maximum absolute atomic E-state index is 11.8. The summed E-state index contributed by atoms with van der Waals surface area (Å²) in [5, 5.41) is 10.2. The summed E-state index contributed by atoms with van der Waals surface area (Å²) in [5.74, 6) is 2.35. The first kappa shape index (κ1) is 16.1. The number of nitrogens with one attached hydrogen (secondary N) is 1. The Morgan fingerprint density at radius 2 is 2.30 bits per heavy atom. The van der Waals surface area contributed by atoms with E-state index in [2.05, 4.69) is 22.1 Å². The zero-order valence-electron chi connectivity index (χ0n) is 13.0. The van der Waals surface area contributed by atoms with Gasteiger partial charge in [0, 0.05) is 17.7 Å². The number of thioether (sulfide) groups is 1. The molecular weight excluding hydrogens is 332 g/mol. The first-order valence-corrected chi connectivity index (χ1v) is 9.33. The van der Waals surface area contributed by atoms with Gasteiger partial charge >= 0.3 is 5.69 Å². The number of furan rings is 1. The summed E-state index contributed by atoms with van der Waals surface area (Å²) in [6.45, 7) is 4.72. The van der Waals surface area contributed by atoms with Crippen LogP contribution in [0.3, 0.4) is 0 Å². The second kappa shape index (κ2) is 7.18. The Balaban J connectivity index is 1.67. The second-order valence-electron chi connectivity index (χ2n) is 5.16. The fraction of sp³-hybridized carbons (Fsp3) is 0.400. The minimum Gasteiger partial charge on any atom is -0.459 e. The Hall–Kier alpha value is -1.80. The van der Waals surface area contributed by atoms with E-state index in [0.29, 0.717) is 17.5 Å². The fourth-order valence-corrected chi connectivity index (χ4v) is 3.85. The van der Waals surface area contributed by atoms with Gasteiger partial charge in [-0.2, -0.15) is 0 Å². The van der Waals surface area contributed by atoms with Crippen molar-refractivity contribution < 1.29 is 4.42 Å². The molecule has 0 aliphatic rings. The highest BCUT2D eigenvalue weighted by Gasteiger charge is 2.12. The number of nitrogens with zero attached hydrogens (tertiary/aromatic N) is 3. The van der Waals surface area contributed by atoms with Gasteiger partial charge in [0.1, 0.15) is 5.76 Å². The van der Waals surface area contributed by atoms with Crippen LogP contribution >= 0.6 is 23.1 Å². The largest absolute Gasteiger partial charge is 0.459 e. The normalized spacial score (nSPS) is 11.2. The van der Waals surface area contributed by atoms with Crippen molar-refractivity contribution in [1.82, 2.24) is 19.7 Å². The molecule has 0 spiro atoms. The smallest absolute Gasteiger partial charge is 0.343 e. The summed E-state index contributed by atoms with van der Waals surface area (Å²) in [4.78, 5) is 16.3. The third-order valence-corrected chi connectivity index (χ3v) is 5.23. The molecule has 3 aromatic heterocycles. The van der Waals surface area contributed by atoms with Crippen LogP contribution < -0.4 is 5.69 Å². The molecule has 0 aromatic carbocycles. The fourth-order valence-electron chi connectivity index (χ4n) is 2.10. The molecule has 0 unspecified atom stereocenters. The zero-order chi connectivity index (χ0) is 16.2. The molecule has 0 fully saturated rings. The summed E-state index contributed by atoms with van der Waals surface area (Å²) in [5.41, 5.74) is 0.813. The first-order chi connectivity index (χ1) is 11.2. The quantitative estimate of drug-likeness (QED) is 0.658. The SMILES string of the molecule is CCCCn1c(SCc2csc(-c3ccc(C)o3)n2)n[nH]c1=O. The summed E-state index contributed by atoms with van der Waals surface area (Å²) in [6, 6.07) is 3.86. The zero-order valence-corrected chi connectivity index (χ0v) is 14.7. The minimum atomic E-state index is -0.147. The van der Waals surface area contributed by atoms with Gasteiger partial charge in [0.2, 0.25) is 0 Å². The summed E-state index contributed by atoms with van der Waals surface area (Å²) >= 11 is 3.08. The number of hydrogen-bond donors (Lipinski definition) is 1. The van der Waals surface area contributed by atoms with E-state index in [1.165, 1.54) is 11.8 Å². The molecule has 6 nitrogen and oxygen atoms in total. The lowest BCUT2D eigenvalue weighted by molar-refractivity contribution is 0.548. The molecule has 1 N–H and O–H groups in total. The van der Waals surface area contributed by atoms with Crippen LogP contribution in [0.15, 0.2) is 31.9 Å². The molecular formula is C15H18N4O2S2. The Labute approximate surface area is 142 Å². The van der Waals surface area contributed by atoms with Gasteiger partial charge in [0.25, 0.3) is 0 Å². The maximum Gasteiger partial charge on any atom is 0.343 e. The summed E-state index contributed by atoms with van der Waals surface area (Å²) in [7, 11) is 0. The Morgan fingerprint density at radius 1 is 1.43 bits per heavy atom. The molecule has 0 atom stereocenters. The summed E-state index contributed by atoms with van der Waals surface area (Å²) in [6.07, 6.45) is 2.01. The summed E-state index contributed by atoms with van der Waals surface area (Å²) < 4.78 is 7.28. The molecule has 0 amide bonds. The molecule has 0 saturated heterocycles. The molecule has 0 radical (unpaired) electrons. The van der Waals surface area contributed by atoms with Crippen molar-refractivity contribution in [2.45, 2.75) is 44.1 Å². The molecule has 0 saturated carbocycles.